The highest BCUT2D eigenvalue weighted by Crippen LogP contribution is 2.45. The molecule has 2 fully saturated rings. The van der Waals surface area contributed by atoms with Gasteiger partial charge in [0.2, 0.25) is 0 Å². The lowest BCUT2D eigenvalue weighted by Gasteiger charge is -2.40. The Bertz CT molecular complexity index is 863. The van der Waals surface area contributed by atoms with Gasteiger partial charge in [0.25, 0.3) is 0 Å². The second-order valence-electron chi connectivity index (χ2n) is 8.10. The molecule has 2 aromatic rings. The molecule has 0 amide bonds. The lowest BCUT2D eigenvalue weighted by atomic mass is 9.76. The Hall–Kier alpha value is -2.25. The Balaban J connectivity index is 1.46. The maximum Gasteiger partial charge on any atom is 0.101 e. The molecule has 0 radical (unpaired) electrons. The van der Waals surface area contributed by atoms with Crippen molar-refractivity contribution >= 4 is 23.0 Å². The Morgan fingerprint density at radius 1 is 1.19 bits per heavy atom. The summed E-state index contributed by atoms with van der Waals surface area (Å²) in [5.41, 5.74) is 4.34. The van der Waals surface area contributed by atoms with Crippen LogP contribution in [0.15, 0.2) is 36.5 Å². The Labute approximate surface area is 166 Å². The van der Waals surface area contributed by atoms with Crippen LogP contribution in [0.5, 0.6) is 0 Å². The number of aromatic nitrogens is 1. The quantitative estimate of drug-likeness (QED) is 0.750. The van der Waals surface area contributed by atoms with Gasteiger partial charge in [0, 0.05) is 37.1 Å². The molecule has 3 heterocycles. The third kappa shape index (κ3) is 3.49. The number of aryl methyl sites for hydroxylation is 1. The van der Waals surface area contributed by atoms with Crippen molar-refractivity contribution in [3.63, 3.8) is 0 Å². The van der Waals surface area contributed by atoms with Crippen molar-refractivity contribution in [2.75, 3.05) is 29.4 Å². The number of pyridine rings is 1. The summed E-state index contributed by atoms with van der Waals surface area (Å²) in [6.07, 6.45) is 5.61. The SMILES string of the molecule is Cc1ccc(N2CCC3(CC2)CC(C)N(c2ccc(C#N)c(Cl)c2)C3)cn1. The van der Waals surface area contributed by atoms with E-state index >= 15 is 0 Å². The van der Waals surface area contributed by atoms with Gasteiger partial charge in [0.1, 0.15) is 6.07 Å². The average molecular weight is 381 g/mol. The van der Waals surface area contributed by atoms with Gasteiger partial charge in [0.15, 0.2) is 0 Å². The number of anilines is 2. The van der Waals surface area contributed by atoms with Gasteiger partial charge in [-0.3, -0.25) is 4.98 Å². The van der Waals surface area contributed by atoms with Gasteiger partial charge in [-0.1, -0.05) is 11.6 Å². The van der Waals surface area contributed by atoms with Gasteiger partial charge in [-0.05, 0) is 68.9 Å². The van der Waals surface area contributed by atoms with Crippen molar-refractivity contribution in [1.82, 2.24) is 4.98 Å². The fourth-order valence-electron chi connectivity index (χ4n) is 4.69. The highest BCUT2D eigenvalue weighted by atomic mass is 35.5. The van der Waals surface area contributed by atoms with E-state index in [0.717, 1.165) is 31.0 Å². The van der Waals surface area contributed by atoms with Crippen molar-refractivity contribution in [3.8, 4) is 6.07 Å². The van der Waals surface area contributed by atoms with Gasteiger partial charge >= 0.3 is 0 Å². The van der Waals surface area contributed by atoms with Crippen molar-refractivity contribution in [2.24, 2.45) is 5.41 Å². The molecule has 27 heavy (non-hydrogen) atoms. The van der Waals surface area contributed by atoms with E-state index in [0.29, 0.717) is 22.0 Å². The molecule has 0 bridgehead atoms. The zero-order valence-electron chi connectivity index (χ0n) is 16.0. The summed E-state index contributed by atoms with van der Waals surface area (Å²) in [7, 11) is 0. The highest BCUT2D eigenvalue weighted by molar-refractivity contribution is 6.32. The summed E-state index contributed by atoms with van der Waals surface area (Å²) in [6, 6.07) is 12.7. The molecule has 0 aliphatic carbocycles. The van der Waals surface area contributed by atoms with Crippen molar-refractivity contribution < 1.29 is 0 Å². The number of piperidine rings is 1. The summed E-state index contributed by atoms with van der Waals surface area (Å²) in [6.45, 7) is 7.56. The molecule has 1 aromatic carbocycles. The van der Waals surface area contributed by atoms with Crippen LogP contribution in [0.25, 0.3) is 0 Å². The summed E-state index contributed by atoms with van der Waals surface area (Å²) in [4.78, 5) is 9.37. The zero-order chi connectivity index (χ0) is 19.0. The number of hydrogen-bond donors (Lipinski definition) is 0. The number of hydrogen-bond acceptors (Lipinski definition) is 4. The summed E-state index contributed by atoms with van der Waals surface area (Å²) in [5, 5.41) is 9.65. The first-order chi connectivity index (χ1) is 13.0. The van der Waals surface area contributed by atoms with Crippen molar-refractivity contribution in [1.29, 1.82) is 5.26 Å². The van der Waals surface area contributed by atoms with Crippen LogP contribution in [0.2, 0.25) is 5.02 Å². The first-order valence-corrected chi connectivity index (χ1v) is 10.0. The van der Waals surface area contributed by atoms with E-state index in [4.69, 9.17) is 16.9 Å². The molecule has 2 aliphatic heterocycles. The fraction of sp³-hybridized carbons (Fsp3) is 0.455. The van der Waals surface area contributed by atoms with Gasteiger partial charge in [-0.15, -0.1) is 0 Å². The van der Waals surface area contributed by atoms with Crippen LogP contribution in [0.3, 0.4) is 0 Å². The van der Waals surface area contributed by atoms with E-state index in [9.17, 15) is 0 Å². The second kappa shape index (κ2) is 7.05. The van der Waals surface area contributed by atoms with Crippen molar-refractivity contribution in [2.45, 2.75) is 39.2 Å². The number of rotatable bonds is 2. The Kier molecular flexibility index (Phi) is 4.74. The first kappa shape index (κ1) is 18.1. The van der Waals surface area contributed by atoms with Gasteiger partial charge in [-0.2, -0.15) is 5.26 Å². The predicted molar refractivity (Wildman–Crippen MR) is 110 cm³/mol. The highest BCUT2D eigenvalue weighted by Gasteiger charge is 2.44. The molecular weight excluding hydrogens is 356 g/mol. The predicted octanol–water partition coefficient (Wildman–Crippen LogP) is 4.80. The minimum absolute atomic E-state index is 0.369. The van der Waals surface area contributed by atoms with E-state index in [1.165, 1.54) is 24.9 Å². The molecule has 0 N–H and O–H groups in total. The first-order valence-electron chi connectivity index (χ1n) is 9.64. The molecule has 1 spiro atoms. The second-order valence-corrected chi connectivity index (χ2v) is 8.51. The maximum absolute atomic E-state index is 9.10. The van der Waals surface area contributed by atoms with E-state index in [1.807, 2.05) is 31.3 Å². The zero-order valence-corrected chi connectivity index (χ0v) is 16.7. The maximum atomic E-state index is 9.10. The van der Waals surface area contributed by atoms with Crippen molar-refractivity contribution in [3.05, 3.63) is 52.8 Å². The molecule has 0 saturated carbocycles. The van der Waals surface area contributed by atoms with Crippen LogP contribution in [-0.4, -0.2) is 30.7 Å². The topological polar surface area (TPSA) is 43.2 Å². The molecule has 2 aliphatic rings. The van der Waals surface area contributed by atoms with Crippen LogP contribution in [0.4, 0.5) is 11.4 Å². The third-order valence-corrected chi connectivity index (χ3v) is 6.57. The molecular formula is C22H25ClN4. The molecule has 1 aromatic heterocycles. The van der Waals surface area contributed by atoms with Gasteiger partial charge in [0.05, 0.1) is 22.5 Å². The number of nitriles is 1. The molecule has 140 valence electrons. The largest absolute Gasteiger partial charge is 0.370 e. The number of halogens is 1. The van der Waals surface area contributed by atoms with Crippen LogP contribution in [-0.2, 0) is 0 Å². The molecule has 1 unspecified atom stereocenters. The normalized spacial score (nSPS) is 21.5. The molecule has 4 nitrogen and oxygen atoms in total. The lowest BCUT2D eigenvalue weighted by Crippen LogP contribution is -2.41. The van der Waals surface area contributed by atoms with Crippen LogP contribution in [0, 0.1) is 23.7 Å². The number of nitrogens with zero attached hydrogens (tertiary/aromatic N) is 4. The average Bonchev–Trinajstić information content (AvgIpc) is 2.99. The molecule has 4 rings (SSSR count). The summed E-state index contributed by atoms with van der Waals surface area (Å²) >= 11 is 6.27. The Morgan fingerprint density at radius 2 is 1.93 bits per heavy atom. The van der Waals surface area contributed by atoms with Crippen LogP contribution >= 0.6 is 11.6 Å². The minimum atomic E-state index is 0.369. The standard InChI is InChI=1S/C22H25ClN4/c1-16-3-5-20(14-25-16)26-9-7-22(8-10-26)12-17(2)27(15-22)19-6-4-18(13-24)21(23)11-19/h3-6,11,14,17H,7-10,12,15H2,1-2H3. The molecule has 5 heteroatoms. The number of benzene rings is 1. The van der Waals surface area contributed by atoms with E-state index in [-0.39, 0.29) is 0 Å². The van der Waals surface area contributed by atoms with E-state index < -0.39 is 0 Å². The van der Waals surface area contributed by atoms with E-state index in [2.05, 4.69) is 39.9 Å². The fourth-order valence-corrected chi connectivity index (χ4v) is 4.90. The Morgan fingerprint density at radius 3 is 2.56 bits per heavy atom. The monoisotopic (exact) mass is 380 g/mol. The summed E-state index contributed by atoms with van der Waals surface area (Å²) in [5.74, 6) is 0. The smallest absolute Gasteiger partial charge is 0.101 e. The van der Waals surface area contributed by atoms with Gasteiger partial charge in [-0.25, -0.2) is 0 Å². The molecule has 1 atom stereocenters. The molecule has 2 saturated heterocycles. The van der Waals surface area contributed by atoms with Gasteiger partial charge < -0.3 is 9.80 Å². The third-order valence-electron chi connectivity index (χ3n) is 6.26. The minimum Gasteiger partial charge on any atom is -0.370 e. The summed E-state index contributed by atoms with van der Waals surface area (Å²) < 4.78 is 0. The van der Waals surface area contributed by atoms with Crippen LogP contribution in [0.1, 0.15) is 37.4 Å². The van der Waals surface area contributed by atoms with Crippen LogP contribution < -0.4 is 9.80 Å². The van der Waals surface area contributed by atoms with E-state index in [1.54, 1.807) is 0 Å². The lowest BCUT2D eigenvalue weighted by molar-refractivity contribution is 0.245.